The molecule has 1 amide bonds. The third kappa shape index (κ3) is 5.06. The van der Waals surface area contributed by atoms with Crippen LogP contribution in [-0.4, -0.2) is 47.6 Å². The maximum Gasteiger partial charge on any atom is 0.295 e. The molecule has 2 N–H and O–H groups in total. The monoisotopic (exact) mass is 523 g/mol. The van der Waals surface area contributed by atoms with Crippen molar-refractivity contribution in [2.45, 2.75) is 19.5 Å². The SMILES string of the molecule is CCOc1cc(C2/C(=C(\O)c3cc(Cl)ccc3OC)C(=O)C(=O)N2Cc2cccc(OC)c2)ccc1O. The van der Waals surface area contributed by atoms with Crippen molar-refractivity contribution in [2.75, 3.05) is 20.8 Å². The number of hydrogen-bond acceptors (Lipinski definition) is 7. The second kappa shape index (κ2) is 10.8. The number of methoxy groups -OCH3 is 2. The van der Waals surface area contributed by atoms with Crippen LogP contribution in [0, 0.1) is 0 Å². The third-order valence-electron chi connectivity index (χ3n) is 6.04. The van der Waals surface area contributed by atoms with Gasteiger partial charge in [0.25, 0.3) is 11.7 Å². The molecule has 1 fully saturated rings. The van der Waals surface area contributed by atoms with Gasteiger partial charge in [-0.05, 0) is 60.5 Å². The van der Waals surface area contributed by atoms with Crippen LogP contribution < -0.4 is 14.2 Å². The van der Waals surface area contributed by atoms with E-state index in [1.165, 1.54) is 31.3 Å². The molecule has 9 heteroatoms. The van der Waals surface area contributed by atoms with E-state index >= 15 is 0 Å². The van der Waals surface area contributed by atoms with Crippen LogP contribution in [-0.2, 0) is 16.1 Å². The lowest BCUT2D eigenvalue weighted by Crippen LogP contribution is -2.29. The van der Waals surface area contributed by atoms with Gasteiger partial charge in [-0.1, -0.05) is 29.8 Å². The van der Waals surface area contributed by atoms with Crippen molar-refractivity contribution in [1.29, 1.82) is 0 Å². The summed E-state index contributed by atoms with van der Waals surface area (Å²) in [7, 11) is 2.96. The minimum atomic E-state index is -0.991. The molecular weight excluding hydrogens is 498 g/mol. The second-order valence-corrected chi connectivity index (χ2v) is 8.72. The molecule has 192 valence electrons. The fourth-order valence-electron chi connectivity index (χ4n) is 4.34. The quantitative estimate of drug-likeness (QED) is 0.241. The molecule has 1 aliphatic heterocycles. The molecule has 0 bridgehead atoms. The van der Waals surface area contributed by atoms with Crippen molar-refractivity contribution < 1.29 is 34.0 Å². The molecule has 0 radical (unpaired) electrons. The number of halogens is 1. The van der Waals surface area contributed by atoms with Crippen molar-refractivity contribution >= 4 is 29.1 Å². The average molecular weight is 524 g/mol. The van der Waals surface area contributed by atoms with Crippen molar-refractivity contribution in [1.82, 2.24) is 4.90 Å². The number of carbonyl (C=O) groups excluding carboxylic acids is 2. The minimum Gasteiger partial charge on any atom is -0.507 e. The van der Waals surface area contributed by atoms with Crippen LogP contribution in [0.15, 0.2) is 66.2 Å². The Bertz CT molecular complexity index is 1380. The zero-order chi connectivity index (χ0) is 26.7. The number of aliphatic hydroxyl groups excluding tert-OH is 1. The number of aliphatic hydroxyl groups is 1. The van der Waals surface area contributed by atoms with Crippen LogP contribution in [0.5, 0.6) is 23.0 Å². The smallest absolute Gasteiger partial charge is 0.295 e. The molecule has 1 unspecified atom stereocenters. The molecule has 8 nitrogen and oxygen atoms in total. The Morgan fingerprint density at radius 2 is 1.78 bits per heavy atom. The number of rotatable bonds is 8. The van der Waals surface area contributed by atoms with Gasteiger partial charge < -0.3 is 29.3 Å². The fraction of sp³-hybridized carbons (Fsp3) is 0.214. The highest BCUT2D eigenvalue weighted by molar-refractivity contribution is 6.46. The third-order valence-corrected chi connectivity index (χ3v) is 6.28. The van der Waals surface area contributed by atoms with Crippen LogP contribution in [0.2, 0.25) is 5.02 Å². The molecule has 37 heavy (non-hydrogen) atoms. The number of phenolic OH excluding ortho intramolecular Hbond substituents is 1. The van der Waals surface area contributed by atoms with Gasteiger partial charge in [-0.15, -0.1) is 0 Å². The molecule has 3 aromatic carbocycles. The first kappa shape index (κ1) is 25.9. The molecule has 4 rings (SSSR count). The summed E-state index contributed by atoms with van der Waals surface area (Å²) in [6.07, 6.45) is 0. The van der Waals surface area contributed by atoms with E-state index in [1.54, 1.807) is 55.5 Å². The molecule has 1 heterocycles. The number of amides is 1. The van der Waals surface area contributed by atoms with E-state index in [-0.39, 0.29) is 34.9 Å². The summed E-state index contributed by atoms with van der Waals surface area (Å²) < 4.78 is 16.2. The van der Waals surface area contributed by atoms with Crippen LogP contribution in [0.4, 0.5) is 0 Å². The van der Waals surface area contributed by atoms with Crippen molar-refractivity contribution in [2.24, 2.45) is 0 Å². The Balaban J connectivity index is 1.92. The Morgan fingerprint density at radius 3 is 2.49 bits per heavy atom. The molecule has 0 spiro atoms. The molecule has 3 aromatic rings. The largest absolute Gasteiger partial charge is 0.507 e. The normalized spacial score (nSPS) is 16.6. The van der Waals surface area contributed by atoms with E-state index in [4.69, 9.17) is 25.8 Å². The van der Waals surface area contributed by atoms with Crippen LogP contribution in [0.3, 0.4) is 0 Å². The first-order valence-electron chi connectivity index (χ1n) is 11.5. The second-order valence-electron chi connectivity index (χ2n) is 8.28. The highest BCUT2D eigenvalue weighted by Crippen LogP contribution is 2.44. The van der Waals surface area contributed by atoms with E-state index in [9.17, 15) is 19.8 Å². The van der Waals surface area contributed by atoms with Crippen LogP contribution >= 0.6 is 11.6 Å². The summed E-state index contributed by atoms with van der Waals surface area (Å²) in [5.41, 5.74) is 1.21. The molecule has 1 saturated heterocycles. The number of hydrogen-bond donors (Lipinski definition) is 2. The summed E-state index contributed by atoms with van der Waals surface area (Å²) in [5.74, 6) is -1.11. The highest BCUT2D eigenvalue weighted by atomic mass is 35.5. The summed E-state index contributed by atoms with van der Waals surface area (Å²) in [5, 5.41) is 22.0. The Morgan fingerprint density at radius 1 is 1.00 bits per heavy atom. The number of phenols is 1. The topological polar surface area (TPSA) is 106 Å². The lowest BCUT2D eigenvalue weighted by Gasteiger charge is -2.26. The Hall–Kier alpha value is -4.17. The van der Waals surface area contributed by atoms with Gasteiger partial charge in [-0.3, -0.25) is 9.59 Å². The van der Waals surface area contributed by atoms with Crippen LogP contribution in [0.25, 0.3) is 5.76 Å². The van der Waals surface area contributed by atoms with E-state index < -0.39 is 23.5 Å². The fourth-order valence-corrected chi connectivity index (χ4v) is 4.51. The lowest BCUT2D eigenvalue weighted by molar-refractivity contribution is -0.140. The molecule has 0 saturated carbocycles. The summed E-state index contributed by atoms with van der Waals surface area (Å²) in [6, 6.07) is 15.3. The first-order chi connectivity index (χ1) is 17.8. The van der Waals surface area contributed by atoms with E-state index in [0.29, 0.717) is 22.9 Å². The number of ketones is 1. The van der Waals surface area contributed by atoms with Crippen molar-refractivity contribution in [3.05, 3.63) is 87.9 Å². The first-order valence-corrected chi connectivity index (χ1v) is 11.9. The van der Waals surface area contributed by atoms with E-state index in [0.717, 1.165) is 5.56 Å². The standard InChI is InChI=1S/C28H26ClNO7/c1-4-37-23-13-17(8-10-21(23)31)25-24(26(32)20-14-18(29)9-11-22(20)36-3)27(33)28(34)30(25)15-16-6-5-7-19(12-16)35-2/h5-14,25,31-32H,4,15H2,1-3H3/b26-24+. The number of aromatic hydroxyl groups is 1. The Kier molecular flexibility index (Phi) is 7.59. The molecular formula is C28H26ClNO7. The summed E-state index contributed by atoms with van der Waals surface area (Å²) in [6.45, 7) is 2.12. The molecule has 1 atom stereocenters. The molecule has 1 aliphatic rings. The minimum absolute atomic E-state index is 0.0563. The van der Waals surface area contributed by atoms with Gasteiger partial charge in [-0.2, -0.15) is 0 Å². The number of likely N-dealkylation sites (tertiary alicyclic amines) is 1. The number of ether oxygens (including phenoxy) is 3. The van der Waals surface area contributed by atoms with Gasteiger partial charge in [-0.25, -0.2) is 0 Å². The molecule has 0 aliphatic carbocycles. The van der Waals surface area contributed by atoms with Crippen LogP contribution in [0.1, 0.15) is 29.7 Å². The zero-order valence-corrected chi connectivity index (χ0v) is 21.3. The maximum absolute atomic E-state index is 13.4. The summed E-state index contributed by atoms with van der Waals surface area (Å²) >= 11 is 6.17. The summed E-state index contributed by atoms with van der Waals surface area (Å²) in [4.78, 5) is 28.1. The van der Waals surface area contributed by atoms with Gasteiger partial charge in [0, 0.05) is 11.6 Å². The number of Topliss-reactive ketones (excluding diaryl/α,β-unsaturated/α-hetero) is 1. The van der Waals surface area contributed by atoms with Gasteiger partial charge in [0.1, 0.15) is 17.3 Å². The maximum atomic E-state index is 13.4. The predicted molar refractivity (Wildman–Crippen MR) is 138 cm³/mol. The lowest BCUT2D eigenvalue weighted by atomic mass is 9.94. The van der Waals surface area contributed by atoms with E-state index in [1.807, 2.05) is 0 Å². The number of benzene rings is 3. The van der Waals surface area contributed by atoms with E-state index in [2.05, 4.69) is 0 Å². The zero-order valence-electron chi connectivity index (χ0n) is 20.5. The van der Waals surface area contributed by atoms with Crippen molar-refractivity contribution in [3.8, 4) is 23.0 Å². The number of carbonyl (C=O) groups is 2. The molecule has 0 aromatic heterocycles. The average Bonchev–Trinajstić information content (AvgIpc) is 3.14. The van der Waals surface area contributed by atoms with Gasteiger partial charge in [0.05, 0.1) is 38.0 Å². The number of nitrogens with zero attached hydrogens (tertiary/aromatic N) is 1. The Labute approximate surface area is 219 Å². The van der Waals surface area contributed by atoms with Crippen molar-refractivity contribution in [3.63, 3.8) is 0 Å². The van der Waals surface area contributed by atoms with Gasteiger partial charge in [0.15, 0.2) is 11.5 Å². The highest BCUT2D eigenvalue weighted by Gasteiger charge is 2.46. The van der Waals surface area contributed by atoms with Gasteiger partial charge >= 0.3 is 0 Å². The predicted octanol–water partition coefficient (Wildman–Crippen LogP) is 5.08. The van der Waals surface area contributed by atoms with Gasteiger partial charge in [0.2, 0.25) is 0 Å².